The maximum Gasteiger partial charge on any atom is 0.408 e. The molecule has 2 aromatic carbocycles. The van der Waals surface area contributed by atoms with Crippen LogP contribution in [0.2, 0.25) is 10.0 Å². The van der Waals surface area contributed by atoms with E-state index in [-0.39, 0.29) is 36.1 Å². The first-order valence-corrected chi connectivity index (χ1v) is 31.5. The zero-order valence-corrected chi connectivity index (χ0v) is 52.2. The number of aryl methyl sites for hydroxylation is 4. The number of benzene rings is 2. The van der Waals surface area contributed by atoms with Gasteiger partial charge in [0.2, 0.25) is 17.7 Å². The third kappa shape index (κ3) is 14.9. The van der Waals surface area contributed by atoms with Gasteiger partial charge in [-0.05, 0) is 236 Å². The fraction of sp³-hybridized carbons (Fsp3) is 0.559. The Kier molecular flexibility index (Phi) is 19.9. The summed E-state index contributed by atoms with van der Waals surface area (Å²) in [5.74, 6) is 2.41. The lowest BCUT2D eigenvalue weighted by Crippen LogP contribution is -2.46. The van der Waals surface area contributed by atoms with Crippen LogP contribution in [0, 0.1) is 23.7 Å². The number of alkyl carbamates (subject to hydrolysis) is 1. The summed E-state index contributed by atoms with van der Waals surface area (Å²) in [5.41, 5.74) is 9.53. The van der Waals surface area contributed by atoms with Crippen molar-refractivity contribution < 1.29 is 23.9 Å². The Bertz CT molecular complexity index is 2800. The highest BCUT2D eigenvalue weighted by molar-refractivity contribution is 9.11. The number of pyridine rings is 2. The Hall–Kier alpha value is -3.12. The molecule has 0 unspecified atom stereocenters. The molecule has 0 saturated carbocycles. The van der Waals surface area contributed by atoms with Crippen LogP contribution in [-0.4, -0.2) is 113 Å². The van der Waals surface area contributed by atoms with Gasteiger partial charge >= 0.3 is 6.09 Å². The molecule has 12 nitrogen and oxygen atoms in total. The standard InChI is InChI=1S/C33H41Br2ClN4O4.C26H30Br2ClN3O/c1-33(2,3)44-32(43)38-19-28(42)40-10-6-20(7-11-40)14-27(41)39-12-8-21(9-13-39)30-29-22(16-25(36)17-26(29)35)4-5-23-15-24(34)18-37-31(23)30;27-20-12-19-2-1-18-13-21(29)14-22(28)24(18)25(26(19)31-15-20)17-5-9-32(10-6-17)23(33)11-16-3-7-30-8-4-16/h15-18,20-21,30H,4-14,19H2,1-3H3,(H,38,43);12-17,25,30H,1-11H2/t30-;25-/m11/s1. The first kappa shape index (κ1) is 58.5. The molecule has 4 aromatic rings. The quantitative estimate of drug-likeness (QED) is 0.178. The third-order valence-corrected chi connectivity index (χ3v) is 19.3. The lowest BCUT2D eigenvalue weighted by atomic mass is 9.76. The minimum Gasteiger partial charge on any atom is -0.444 e. The molecule has 18 heteroatoms. The number of hydrogen-bond donors (Lipinski definition) is 2. The van der Waals surface area contributed by atoms with Crippen LogP contribution in [0.1, 0.15) is 142 Å². The Morgan fingerprint density at radius 2 is 0.987 bits per heavy atom. The number of ether oxygens (including phenoxy) is 1. The lowest BCUT2D eigenvalue weighted by Gasteiger charge is -2.38. The molecule has 77 heavy (non-hydrogen) atoms. The number of aromatic nitrogens is 2. The van der Waals surface area contributed by atoms with Crippen molar-refractivity contribution >= 4 is 111 Å². The number of likely N-dealkylation sites (tertiary alicyclic amines) is 3. The molecule has 10 rings (SSSR count). The number of amides is 4. The predicted molar refractivity (Wildman–Crippen MR) is 318 cm³/mol. The minimum absolute atomic E-state index is 0.0835. The molecule has 4 amide bonds. The second-order valence-corrected chi connectivity index (χ2v) is 27.4. The average Bonchev–Trinajstić information content (AvgIpc) is 3.69. The summed E-state index contributed by atoms with van der Waals surface area (Å²) < 4.78 is 9.35. The van der Waals surface area contributed by atoms with Crippen molar-refractivity contribution in [3.05, 3.63) is 121 Å². The molecule has 0 radical (unpaired) electrons. The molecule has 2 aliphatic carbocycles. The largest absolute Gasteiger partial charge is 0.444 e. The number of piperidine rings is 4. The molecular formula is C59H71Br4Cl2N7O5. The van der Waals surface area contributed by atoms with Gasteiger partial charge in [0, 0.05) is 104 Å². The normalized spacial score (nSPS) is 20.6. The van der Waals surface area contributed by atoms with Gasteiger partial charge in [0.1, 0.15) is 12.1 Å². The van der Waals surface area contributed by atoms with Crippen LogP contribution in [0.5, 0.6) is 0 Å². The fourth-order valence-electron chi connectivity index (χ4n) is 12.8. The van der Waals surface area contributed by atoms with E-state index >= 15 is 0 Å². The number of carbonyl (C=O) groups is 4. The van der Waals surface area contributed by atoms with E-state index in [2.05, 4.69) is 104 Å². The van der Waals surface area contributed by atoms with Gasteiger partial charge < -0.3 is 30.1 Å². The molecule has 0 bridgehead atoms. The van der Waals surface area contributed by atoms with E-state index in [1.54, 1.807) is 25.7 Å². The number of carbonyl (C=O) groups excluding carboxylic acids is 4. The van der Waals surface area contributed by atoms with Crippen molar-refractivity contribution in [2.24, 2.45) is 23.7 Å². The van der Waals surface area contributed by atoms with E-state index in [9.17, 15) is 19.2 Å². The Morgan fingerprint density at radius 1 is 0.584 bits per heavy atom. The number of nitrogens with one attached hydrogen (secondary N) is 2. The van der Waals surface area contributed by atoms with Gasteiger partial charge in [-0.15, -0.1) is 0 Å². The van der Waals surface area contributed by atoms with Gasteiger partial charge in [0.15, 0.2) is 0 Å². The van der Waals surface area contributed by atoms with E-state index in [1.165, 1.54) is 39.1 Å². The van der Waals surface area contributed by atoms with Crippen molar-refractivity contribution in [1.82, 2.24) is 35.3 Å². The zero-order chi connectivity index (χ0) is 54.5. The van der Waals surface area contributed by atoms with E-state index in [0.717, 1.165) is 150 Å². The van der Waals surface area contributed by atoms with Crippen LogP contribution < -0.4 is 10.6 Å². The van der Waals surface area contributed by atoms with Gasteiger partial charge in [-0.1, -0.05) is 55.1 Å². The second kappa shape index (κ2) is 26.2. The maximum atomic E-state index is 13.4. The molecule has 6 aliphatic rings. The number of hydrogen-bond acceptors (Lipinski definition) is 8. The number of fused-ring (bicyclic) bond motifs is 4. The number of halogens is 6. The van der Waals surface area contributed by atoms with E-state index in [4.69, 9.17) is 37.9 Å². The Labute approximate surface area is 498 Å². The molecule has 6 heterocycles. The maximum absolute atomic E-state index is 13.4. The Morgan fingerprint density at radius 3 is 1.43 bits per heavy atom. The SMILES string of the molecule is CC(C)(C)OC(=O)NCC(=O)N1CCC(CC(=O)N2CCC([C@H]3c4ncc(Br)cc4CCc4cc(Cl)cc(Br)c43)CC2)CC1.O=C(CC1CCNCC1)N1CCC([C@H]2c3ncc(Br)cc3CCc3cc(Cl)cc(Br)c32)CC1. The van der Waals surface area contributed by atoms with Crippen LogP contribution in [0.15, 0.2) is 66.7 Å². The summed E-state index contributed by atoms with van der Waals surface area (Å²) in [6, 6.07) is 12.7. The van der Waals surface area contributed by atoms with Gasteiger partial charge in [0.05, 0.1) is 11.4 Å². The van der Waals surface area contributed by atoms with Crippen molar-refractivity contribution in [2.75, 3.05) is 58.9 Å². The Balaban J connectivity index is 0.000000195. The summed E-state index contributed by atoms with van der Waals surface area (Å²) in [7, 11) is 0. The first-order valence-electron chi connectivity index (χ1n) is 27.6. The number of nitrogens with zero attached hydrogens (tertiary/aromatic N) is 5. The minimum atomic E-state index is -0.611. The summed E-state index contributed by atoms with van der Waals surface area (Å²) >= 11 is 27.8. The summed E-state index contributed by atoms with van der Waals surface area (Å²) in [4.78, 5) is 66.7. The highest BCUT2D eigenvalue weighted by Gasteiger charge is 2.39. The number of rotatable bonds is 8. The van der Waals surface area contributed by atoms with Crippen LogP contribution >= 0.6 is 86.9 Å². The third-order valence-electron chi connectivity index (χ3n) is 16.7. The predicted octanol–water partition coefficient (Wildman–Crippen LogP) is 13.0. The summed E-state index contributed by atoms with van der Waals surface area (Å²) in [6.45, 7) is 11.7. The van der Waals surface area contributed by atoms with E-state index in [0.29, 0.717) is 49.6 Å². The van der Waals surface area contributed by atoms with Crippen molar-refractivity contribution in [3.8, 4) is 0 Å². The highest BCUT2D eigenvalue weighted by Crippen LogP contribution is 2.48. The molecule has 4 aliphatic heterocycles. The average molecular weight is 1350 g/mol. The molecule has 2 N–H and O–H groups in total. The van der Waals surface area contributed by atoms with Crippen LogP contribution in [0.4, 0.5) is 4.79 Å². The molecule has 4 saturated heterocycles. The smallest absolute Gasteiger partial charge is 0.408 e. The van der Waals surface area contributed by atoms with Crippen molar-refractivity contribution in [2.45, 2.75) is 128 Å². The van der Waals surface area contributed by atoms with Crippen LogP contribution in [0.25, 0.3) is 0 Å². The molecule has 0 spiro atoms. The monoisotopic (exact) mass is 1340 g/mol. The van der Waals surface area contributed by atoms with E-state index in [1.807, 2.05) is 29.4 Å². The molecule has 414 valence electrons. The summed E-state index contributed by atoms with van der Waals surface area (Å²) in [6.07, 6.45) is 15.9. The highest BCUT2D eigenvalue weighted by atomic mass is 79.9. The zero-order valence-electron chi connectivity index (χ0n) is 44.4. The topological polar surface area (TPSA) is 137 Å². The molecule has 4 fully saturated rings. The second-order valence-electron chi connectivity index (χ2n) is 23.0. The fourth-order valence-corrected chi connectivity index (χ4v) is 15.8. The van der Waals surface area contributed by atoms with Gasteiger partial charge in [-0.3, -0.25) is 24.4 Å². The molecule has 2 aromatic heterocycles. The van der Waals surface area contributed by atoms with Gasteiger partial charge in [0.25, 0.3) is 0 Å². The van der Waals surface area contributed by atoms with Gasteiger partial charge in [-0.25, -0.2) is 4.79 Å². The summed E-state index contributed by atoms with van der Waals surface area (Å²) in [5, 5.41) is 7.46. The molecule has 2 atom stereocenters. The lowest BCUT2D eigenvalue weighted by molar-refractivity contribution is -0.135. The van der Waals surface area contributed by atoms with Crippen LogP contribution in [0.3, 0.4) is 0 Å². The van der Waals surface area contributed by atoms with Crippen LogP contribution in [-0.2, 0) is 44.8 Å². The van der Waals surface area contributed by atoms with Crippen molar-refractivity contribution in [1.29, 1.82) is 0 Å². The van der Waals surface area contributed by atoms with E-state index < -0.39 is 11.7 Å². The molecular weight excluding hydrogens is 1280 g/mol. The first-order chi connectivity index (χ1) is 36.9. The van der Waals surface area contributed by atoms with Gasteiger partial charge in [-0.2, -0.15) is 0 Å². The van der Waals surface area contributed by atoms with Crippen molar-refractivity contribution in [3.63, 3.8) is 0 Å².